The van der Waals surface area contributed by atoms with Crippen LogP contribution in [-0.2, 0) is 19.8 Å². The van der Waals surface area contributed by atoms with Gasteiger partial charge in [-0.15, -0.1) is 0 Å². The van der Waals surface area contributed by atoms with Gasteiger partial charge in [0, 0.05) is 12.6 Å². The third-order valence-electron chi connectivity index (χ3n) is 2.92. The zero-order valence-electron chi connectivity index (χ0n) is 11.7. The summed E-state index contributed by atoms with van der Waals surface area (Å²) in [5.74, 6) is -1.54. The van der Waals surface area contributed by atoms with E-state index in [9.17, 15) is 14.4 Å². The molecule has 2 amide bonds. The Kier molecular flexibility index (Phi) is 4.85. The Labute approximate surface area is 117 Å². The average Bonchev–Trinajstić information content (AvgIpc) is 2.37. The second-order valence-corrected chi connectivity index (χ2v) is 4.97. The Morgan fingerprint density at radius 2 is 1.70 bits per heavy atom. The molecule has 0 atom stereocenters. The normalized spacial score (nSPS) is 10.8. The molecule has 0 radical (unpaired) electrons. The standard InChI is InChI=1S/C14H18N2O4/c1-9(17)15-8-12(18)16-11-6-4-10(5-7-11)14(2,3)13(19)20/h4-7H,8H2,1-3H3,(H,15,17)(H,16,18)(H,19,20). The molecule has 1 aromatic rings. The third-order valence-corrected chi connectivity index (χ3v) is 2.92. The lowest BCUT2D eigenvalue weighted by molar-refractivity contribution is -0.142. The van der Waals surface area contributed by atoms with E-state index in [1.165, 1.54) is 6.92 Å². The number of hydrogen-bond acceptors (Lipinski definition) is 3. The summed E-state index contributed by atoms with van der Waals surface area (Å²) in [4.78, 5) is 33.3. The summed E-state index contributed by atoms with van der Waals surface area (Å²) in [5.41, 5.74) is 0.203. The first-order valence-electron chi connectivity index (χ1n) is 6.11. The maximum Gasteiger partial charge on any atom is 0.313 e. The van der Waals surface area contributed by atoms with Crippen molar-refractivity contribution < 1.29 is 19.5 Å². The molecule has 6 heteroatoms. The van der Waals surface area contributed by atoms with Gasteiger partial charge in [-0.25, -0.2) is 0 Å². The molecule has 0 heterocycles. The monoisotopic (exact) mass is 278 g/mol. The molecule has 0 fully saturated rings. The molecule has 20 heavy (non-hydrogen) atoms. The van der Waals surface area contributed by atoms with E-state index in [0.717, 1.165) is 0 Å². The van der Waals surface area contributed by atoms with Crippen LogP contribution in [0, 0.1) is 0 Å². The molecule has 0 saturated heterocycles. The predicted molar refractivity (Wildman–Crippen MR) is 74.4 cm³/mol. The molecular weight excluding hydrogens is 260 g/mol. The number of hydrogen-bond donors (Lipinski definition) is 3. The molecule has 0 bridgehead atoms. The summed E-state index contributed by atoms with van der Waals surface area (Å²) in [6, 6.07) is 6.57. The summed E-state index contributed by atoms with van der Waals surface area (Å²) in [5, 5.41) is 14.1. The van der Waals surface area contributed by atoms with Crippen LogP contribution in [0.2, 0.25) is 0 Å². The predicted octanol–water partition coefficient (Wildman–Crippen LogP) is 1.12. The minimum atomic E-state index is -0.987. The fourth-order valence-electron chi connectivity index (χ4n) is 1.50. The van der Waals surface area contributed by atoms with Crippen LogP contribution < -0.4 is 10.6 Å². The lowest BCUT2D eigenvalue weighted by Gasteiger charge is -2.19. The third kappa shape index (κ3) is 4.08. The highest BCUT2D eigenvalue weighted by Gasteiger charge is 2.29. The first-order valence-corrected chi connectivity index (χ1v) is 6.11. The van der Waals surface area contributed by atoms with Gasteiger partial charge in [0.05, 0.1) is 12.0 Å². The minimum absolute atomic E-state index is 0.0995. The Morgan fingerprint density at radius 1 is 1.15 bits per heavy atom. The van der Waals surface area contributed by atoms with Crippen LogP contribution in [0.5, 0.6) is 0 Å². The molecule has 108 valence electrons. The van der Waals surface area contributed by atoms with Crippen LogP contribution in [-0.4, -0.2) is 29.4 Å². The van der Waals surface area contributed by atoms with Crippen LogP contribution in [0.4, 0.5) is 5.69 Å². The number of amides is 2. The molecular formula is C14H18N2O4. The van der Waals surface area contributed by atoms with Gasteiger partial charge >= 0.3 is 5.97 Å². The molecule has 0 unspecified atom stereocenters. The Hall–Kier alpha value is -2.37. The van der Waals surface area contributed by atoms with Crippen LogP contribution in [0.1, 0.15) is 26.3 Å². The van der Waals surface area contributed by atoms with E-state index in [1.54, 1.807) is 38.1 Å². The number of anilines is 1. The summed E-state index contributed by atoms with van der Waals surface area (Å²) in [6.45, 7) is 4.45. The highest BCUT2D eigenvalue weighted by atomic mass is 16.4. The van der Waals surface area contributed by atoms with Crippen molar-refractivity contribution >= 4 is 23.5 Å². The van der Waals surface area contributed by atoms with Gasteiger partial charge in [0.25, 0.3) is 0 Å². The lowest BCUT2D eigenvalue weighted by Crippen LogP contribution is -2.31. The van der Waals surface area contributed by atoms with E-state index in [1.807, 2.05) is 0 Å². The van der Waals surface area contributed by atoms with Crippen molar-refractivity contribution in [1.29, 1.82) is 0 Å². The van der Waals surface area contributed by atoms with E-state index >= 15 is 0 Å². The second kappa shape index (κ2) is 6.18. The number of carbonyl (C=O) groups excluding carboxylic acids is 2. The molecule has 0 aliphatic rings. The quantitative estimate of drug-likeness (QED) is 0.752. The molecule has 0 spiro atoms. The van der Waals surface area contributed by atoms with Crippen molar-refractivity contribution in [2.45, 2.75) is 26.2 Å². The highest BCUT2D eigenvalue weighted by Crippen LogP contribution is 2.24. The topological polar surface area (TPSA) is 95.5 Å². The van der Waals surface area contributed by atoms with Crippen LogP contribution >= 0.6 is 0 Å². The Morgan fingerprint density at radius 3 is 2.15 bits per heavy atom. The molecule has 3 N–H and O–H groups in total. The molecule has 1 aromatic carbocycles. The second-order valence-electron chi connectivity index (χ2n) is 4.97. The Balaban J connectivity index is 2.70. The SMILES string of the molecule is CC(=O)NCC(=O)Nc1ccc(C(C)(C)C(=O)O)cc1. The highest BCUT2D eigenvalue weighted by molar-refractivity contribution is 5.94. The number of rotatable bonds is 5. The molecule has 0 aromatic heterocycles. The summed E-state index contributed by atoms with van der Waals surface area (Å²) < 4.78 is 0. The maximum absolute atomic E-state index is 11.5. The smallest absolute Gasteiger partial charge is 0.313 e. The average molecular weight is 278 g/mol. The Bertz CT molecular complexity index is 520. The van der Waals surface area contributed by atoms with Crippen molar-refractivity contribution in [3.05, 3.63) is 29.8 Å². The maximum atomic E-state index is 11.5. The number of aliphatic carboxylic acids is 1. The number of carboxylic acid groups (broad SMARTS) is 1. The fourth-order valence-corrected chi connectivity index (χ4v) is 1.50. The van der Waals surface area contributed by atoms with Gasteiger partial charge in [-0.1, -0.05) is 12.1 Å². The van der Waals surface area contributed by atoms with Crippen LogP contribution in [0.3, 0.4) is 0 Å². The number of carbonyl (C=O) groups is 3. The van der Waals surface area contributed by atoms with Crippen LogP contribution in [0.15, 0.2) is 24.3 Å². The van der Waals surface area contributed by atoms with Crippen molar-refractivity contribution in [1.82, 2.24) is 5.32 Å². The number of benzene rings is 1. The first kappa shape index (κ1) is 15.7. The van der Waals surface area contributed by atoms with E-state index in [-0.39, 0.29) is 18.4 Å². The van der Waals surface area contributed by atoms with Gasteiger partial charge in [-0.05, 0) is 31.5 Å². The van der Waals surface area contributed by atoms with E-state index in [0.29, 0.717) is 11.3 Å². The zero-order valence-corrected chi connectivity index (χ0v) is 11.7. The molecule has 1 rings (SSSR count). The van der Waals surface area contributed by atoms with Gasteiger partial charge in [-0.3, -0.25) is 14.4 Å². The van der Waals surface area contributed by atoms with Crippen molar-refractivity contribution in [2.75, 3.05) is 11.9 Å². The van der Waals surface area contributed by atoms with Gasteiger partial charge in [-0.2, -0.15) is 0 Å². The minimum Gasteiger partial charge on any atom is -0.481 e. The van der Waals surface area contributed by atoms with E-state index in [4.69, 9.17) is 5.11 Å². The lowest BCUT2D eigenvalue weighted by atomic mass is 9.85. The fraction of sp³-hybridized carbons (Fsp3) is 0.357. The molecule has 0 aliphatic carbocycles. The van der Waals surface area contributed by atoms with Crippen molar-refractivity contribution in [3.8, 4) is 0 Å². The van der Waals surface area contributed by atoms with Gasteiger partial charge < -0.3 is 15.7 Å². The summed E-state index contributed by atoms with van der Waals surface area (Å²) in [7, 11) is 0. The number of carboxylic acids is 1. The summed E-state index contributed by atoms with van der Waals surface area (Å²) in [6.07, 6.45) is 0. The van der Waals surface area contributed by atoms with Gasteiger partial charge in [0.2, 0.25) is 11.8 Å². The summed E-state index contributed by atoms with van der Waals surface area (Å²) >= 11 is 0. The first-order chi connectivity index (χ1) is 9.23. The molecule has 6 nitrogen and oxygen atoms in total. The molecule has 0 saturated carbocycles. The van der Waals surface area contributed by atoms with Crippen molar-refractivity contribution in [2.24, 2.45) is 0 Å². The van der Waals surface area contributed by atoms with Gasteiger partial charge in [0.1, 0.15) is 0 Å². The van der Waals surface area contributed by atoms with Gasteiger partial charge in [0.15, 0.2) is 0 Å². The van der Waals surface area contributed by atoms with Crippen molar-refractivity contribution in [3.63, 3.8) is 0 Å². The van der Waals surface area contributed by atoms with E-state index < -0.39 is 11.4 Å². The zero-order chi connectivity index (χ0) is 15.3. The number of nitrogens with one attached hydrogen (secondary N) is 2. The largest absolute Gasteiger partial charge is 0.481 e. The van der Waals surface area contributed by atoms with E-state index in [2.05, 4.69) is 10.6 Å². The van der Waals surface area contributed by atoms with Crippen LogP contribution in [0.25, 0.3) is 0 Å². The molecule has 0 aliphatic heterocycles.